The Labute approximate surface area is 168 Å². The summed E-state index contributed by atoms with van der Waals surface area (Å²) in [7, 11) is 0. The van der Waals surface area contributed by atoms with Crippen molar-refractivity contribution in [2.75, 3.05) is 10.6 Å². The summed E-state index contributed by atoms with van der Waals surface area (Å²) in [5.41, 5.74) is 1.17. The van der Waals surface area contributed by atoms with Crippen molar-refractivity contribution in [3.63, 3.8) is 0 Å². The van der Waals surface area contributed by atoms with Crippen molar-refractivity contribution in [2.45, 2.75) is 63.6 Å². The fourth-order valence-corrected chi connectivity index (χ4v) is 3.55. The van der Waals surface area contributed by atoms with Gasteiger partial charge in [-0.25, -0.2) is 13.8 Å². The van der Waals surface area contributed by atoms with Gasteiger partial charge in [-0.2, -0.15) is 4.98 Å². The van der Waals surface area contributed by atoms with Crippen LogP contribution >= 0.6 is 0 Å². The predicted octanol–water partition coefficient (Wildman–Crippen LogP) is 3.79. The summed E-state index contributed by atoms with van der Waals surface area (Å²) < 4.78 is 26.4. The summed E-state index contributed by atoms with van der Waals surface area (Å²) in [6.07, 6.45) is 7.53. The second-order valence-electron chi connectivity index (χ2n) is 7.94. The van der Waals surface area contributed by atoms with Gasteiger partial charge in [-0.1, -0.05) is 0 Å². The van der Waals surface area contributed by atoms with E-state index in [2.05, 4.69) is 25.9 Å². The van der Waals surface area contributed by atoms with Crippen LogP contribution < -0.4 is 16.0 Å². The van der Waals surface area contributed by atoms with Crippen molar-refractivity contribution in [1.29, 1.82) is 0 Å². The summed E-state index contributed by atoms with van der Waals surface area (Å²) >= 11 is 0. The van der Waals surface area contributed by atoms with Crippen LogP contribution in [-0.4, -0.2) is 34.0 Å². The number of halogens is 2. The van der Waals surface area contributed by atoms with Gasteiger partial charge in [0.15, 0.2) is 11.6 Å². The molecular weight excluding hydrogens is 376 g/mol. The molecule has 2 saturated carbocycles. The minimum Gasteiger partial charge on any atom is -0.367 e. The number of hydrogen-bond acceptors (Lipinski definition) is 5. The molecule has 1 aromatic heterocycles. The molecule has 2 aliphatic carbocycles. The Balaban J connectivity index is 1.28. The Morgan fingerprint density at radius 2 is 1.62 bits per heavy atom. The molecule has 3 N–H and O–H groups in total. The highest BCUT2D eigenvalue weighted by molar-refractivity contribution is 5.94. The first-order valence-corrected chi connectivity index (χ1v) is 10.1. The van der Waals surface area contributed by atoms with Crippen molar-refractivity contribution >= 4 is 17.7 Å². The molecule has 0 unspecified atom stereocenters. The maximum Gasteiger partial charge on any atom is 0.251 e. The summed E-state index contributed by atoms with van der Waals surface area (Å²) in [4.78, 5) is 21.3. The molecule has 6 nitrogen and oxygen atoms in total. The number of anilines is 2. The lowest BCUT2D eigenvalue weighted by Crippen LogP contribution is -2.40. The number of nitrogens with zero attached hydrogens (tertiary/aromatic N) is 2. The topological polar surface area (TPSA) is 78.9 Å². The van der Waals surface area contributed by atoms with Gasteiger partial charge in [0.1, 0.15) is 5.82 Å². The molecular formula is C21H25F2N5O. The second-order valence-corrected chi connectivity index (χ2v) is 7.94. The largest absolute Gasteiger partial charge is 0.367 e. The Hall–Kier alpha value is -2.77. The van der Waals surface area contributed by atoms with Crippen molar-refractivity contribution in [1.82, 2.24) is 15.3 Å². The number of hydrogen-bond donors (Lipinski definition) is 3. The normalized spacial score (nSPS) is 21.5. The smallest absolute Gasteiger partial charge is 0.251 e. The van der Waals surface area contributed by atoms with E-state index in [4.69, 9.17) is 0 Å². The summed E-state index contributed by atoms with van der Waals surface area (Å²) in [5, 5.41) is 9.73. The third kappa shape index (κ3) is 4.99. The van der Waals surface area contributed by atoms with Crippen LogP contribution in [0.25, 0.3) is 0 Å². The molecule has 2 aliphatic rings. The average molecular weight is 401 g/mol. The van der Waals surface area contributed by atoms with Crippen LogP contribution in [0.5, 0.6) is 0 Å². The van der Waals surface area contributed by atoms with Gasteiger partial charge >= 0.3 is 0 Å². The number of aromatic nitrogens is 2. The Bertz CT molecular complexity index is 895. The predicted molar refractivity (Wildman–Crippen MR) is 107 cm³/mol. The van der Waals surface area contributed by atoms with Crippen LogP contribution in [0.4, 0.5) is 20.5 Å². The standard InChI is InChI=1S/C21H25F2N5O/c1-12-11-24-21(28-19(12)25-14-3-4-14)27-16-7-5-15(6-8-16)26-20(29)13-2-9-17(22)18(23)10-13/h2,9-11,14-16H,3-8H2,1H3,(H,26,29)(H2,24,25,27,28). The van der Waals surface area contributed by atoms with E-state index >= 15 is 0 Å². The molecule has 4 rings (SSSR count). The molecule has 0 bridgehead atoms. The summed E-state index contributed by atoms with van der Waals surface area (Å²) in [6.45, 7) is 2.00. The molecule has 0 radical (unpaired) electrons. The van der Waals surface area contributed by atoms with Crippen LogP contribution in [0.3, 0.4) is 0 Å². The van der Waals surface area contributed by atoms with E-state index in [0.717, 1.165) is 49.2 Å². The monoisotopic (exact) mass is 401 g/mol. The average Bonchev–Trinajstić information content (AvgIpc) is 3.52. The number of rotatable bonds is 6. The molecule has 2 fully saturated rings. The molecule has 29 heavy (non-hydrogen) atoms. The van der Waals surface area contributed by atoms with E-state index in [9.17, 15) is 13.6 Å². The van der Waals surface area contributed by atoms with Gasteiger partial charge in [-0.05, 0) is 63.6 Å². The van der Waals surface area contributed by atoms with E-state index in [-0.39, 0.29) is 23.6 Å². The van der Waals surface area contributed by atoms with E-state index in [0.29, 0.717) is 12.0 Å². The molecule has 2 aromatic rings. The van der Waals surface area contributed by atoms with Crippen LogP contribution in [0, 0.1) is 18.6 Å². The highest BCUT2D eigenvalue weighted by Gasteiger charge is 2.25. The molecule has 0 atom stereocenters. The Kier molecular flexibility index (Phi) is 5.60. The van der Waals surface area contributed by atoms with Crippen LogP contribution in [0.15, 0.2) is 24.4 Å². The Morgan fingerprint density at radius 1 is 0.966 bits per heavy atom. The van der Waals surface area contributed by atoms with Crippen molar-refractivity contribution in [2.24, 2.45) is 0 Å². The van der Waals surface area contributed by atoms with Gasteiger partial charge in [-0.15, -0.1) is 0 Å². The minimum absolute atomic E-state index is 0.0136. The van der Waals surface area contributed by atoms with Crippen LogP contribution in [-0.2, 0) is 0 Å². The molecule has 8 heteroatoms. The van der Waals surface area contributed by atoms with Gasteiger partial charge in [-0.3, -0.25) is 4.79 Å². The highest BCUT2D eigenvalue weighted by Crippen LogP contribution is 2.26. The quantitative estimate of drug-likeness (QED) is 0.686. The lowest BCUT2D eigenvalue weighted by Gasteiger charge is -2.29. The van der Waals surface area contributed by atoms with Crippen molar-refractivity contribution in [3.05, 3.63) is 47.2 Å². The van der Waals surface area contributed by atoms with E-state index in [1.807, 2.05) is 13.1 Å². The van der Waals surface area contributed by atoms with Crippen LogP contribution in [0.2, 0.25) is 0 Å². The maximum atomic E-state index is 13.3. The number of benzene rings is 1. The number of carbonyl (C=O) groups excluding carboxylic acids is 1. The third-order valence-corrected chi connectivity index (χ3v) is 5.47. The van der Waals surface area contributed by atoms with Crippen molar-refractivity contribution in [3.8, 4) is 0 Å². The van der Waals surface area contributed by atoms with Gasteiger partial charge in [0.2, 0.25) is 5.95 Å². The van der Waals surface area contributed by atoms with E-state index in [1.165, 1.54) is 18.9 Å². The second kappa shape index (κ2) is 8.31. The first kappa shape index (κ1) is 19.5. The van der Waals surface area contributed by atoms with Crippen molar-refractivity contribution < 1.29 is 13.6 Å². The molecule has 1 aromatic carbocycles. The zero-order valence-electron chi connectivity index (χ0n) is 16.3. The van der Waals surface area contributed by atoms with Gasteiger partial charge in [0, 0.05) is 35.4 Å². The lowest BCUT2D eigenvalue weighted by molar-refractivity contribution is 0.0926. The van der Waals surface area contributed by atoms with E-state index in [1.54, 1.807) is 0 Å². The van der Waals surface area contributed by atoms with Crippen LogP contribution in [0.1, 0.15) is 54.4 Å². The SMILES string of the molecule is Cc1cnc(NC2CCC(NC(=O)c3ccc(F)c(F)c3)CC2)nc1NC1CC1. The number of nitrogens with one attached hydrogen (secondary N) is 3. The van der Waals surface area contributed by atoms with Gasteiger partial charge in [0.25, 0.3) is 5.91 Å². The van der Waals surface area contributed by atoms with Gasteiger partial charge < -0.3 is 16.0 Å². The Morgan fingerprint density at radius 3 is 2.31 bits per heavy atom. The van der Waals surface area contributed by atoms with Gasteiger partial charge in [0.05, 0.1) is 0 Å². The molecule has 0 spiro atoms. The summed E-state index contributed by atoms with van der Waals surface area (Å²) in [5.74, 6) is -0.843. The molecule has 1 amide bonds. The number of carbonyl (C=O) groups is 1. The fourth-order valence-electron chi connectivity index (χ4n) is 3.55. The highest BCUT2D eigenvalue weighted by atomic mass is 19.2. The molecule has 0 saturated heterocycles. The van der Waals surface area contributed by atoms with E-state index < -0.39 is 11.6 Å². The number of aryl methyl sites for hydroxylation is 1. The maximum absolute atomic E-state index is 13.3. The number of amides is 1. The molecule has 1 heterocycles. The molecule has 0 aliphatic heterocycles. The zero-order valence-corrected chi connectivity index (χ0v) is 16.3. The third-order valence-electron chi connectivity index (χ3n) is 5.47. The first-order chi connectivity index (χ1) is 14.0. The minimum atomic E-state index is -1.01. The first-order valence-electron chi connectivity index (χ1n) is 10.1. The lowest BCUT2D eigenvalue weighted by atomic mass is 9.91. The fraction of sp³-hybridized carbons (Fsp3) is 0.476. The molecule has 154 valence electrons. The zero-order chi connectivity index (χ0) is 20.4. The summed E-state index contributed by atoms with van der Waals surface area (Å²) in [6, 6.07) is 3.98.